The third-order valence-corrected chi connectivity index (χ3v) is 3.43. The summed E-state index contributed by atoms with van der Waals surface area (Å²) in [5.41, 5.74) is -1.32. The Morgan fingerprint density at radius 1 is 1.28 bits per heavy atom. The number of imide groups is 1. The van der Waals surface area contributed by atoms with Crippen LogP contribution in [0, 0.1) is 0 Å². The second kappa shape index (κ2) is 4.19. The average Bonchev–Trinajstić information content (AvgIpc) is 2.62. The van der Waals surface area contributed by atoms with Gasteiger partial charge in [-0.15, -0.1) is 0 Å². The van der Waals surface area contributed by atoms with E-state index in [-0.39, 0.29) is 11.1 Å². The van der Waals surface area contributed by atoms with E-state index < -0.39 is 29.2 Å². The maximum atomic E-state index is 12.1. The fourth-order valence-electron chi connectivity index (χ4n) is 1.86. The number of hydrogen-bond donors (Lipinski definition) is 1. The van der Waals surface area contributed by atoms with Crippen LogP contribution in [0.15, 0.2) is 24.3 Å². The van der Waals surface area contributed by atoms with E-state index in [2.05, 4.69) is 0 Å². The van der Waals surface area contributed by atoms with Gasteiger partial charge in [0, 0.05) is 0 Å². The van der Waals surface area contributed by atoms with E-state index in [1.807, 2.05) is 0 Å². The minimum absolute atomic E-state index is 0.208. The van der Waals surface area contributed by atoms with Crippen LogP contribution in [0.25, 0.3) is 0 Å². The molecule has 6 heteroatoms. The monoisotopic (exact) mass is 267 g/mol. The number of aliphatic hydroxyl groups is 1. The van der Waals surface area contributed by atoms with E-state index in [1.54, 1.807) is 12.1 Å². The van der Waals surface area contributed by atoms with Gasteiger partial charge >= 0.3 is 0 Å². The Bertz CT molecular complexity index is 522. The van der Waals surface area contributed by atoms with Crippen LogP contribution in [0.4, 0.5) is 0 Å². The summed E-state index contributed by atoms with van der Waals surface area (Å²) in [5, 5.41) is 8.32. The van der Waals surface area contributed by atoms with Gasteiger partial charge in [-0.25, -0.2) is 0 Å². The first-order valence-corrected chi connectivity index (χ1v) is 5.60. The van der Waals surface area contributed by atoms with Crippen molar-refractivity contribution in [1.82, 2.24) is 4.90 Å². The van der Waals surface area contributed by atoms with E-state index in [1.165, 1.54) is 19.1 Å². The topological polar surface area (TPSA) is 74.7 Å². The molecule has 1 aromatic carbocycles. The largest absolute Gasteiger partial charge is 0.393 e. The van der Waals surface area contributed by atoms with Crippen molar-refractivity contribution in [2.75, 3.05) is 6.61 Å². The van der Waals surface area contributed by atoms with Gasteiger partial charge in [0.1, 0.15) is 5.54 Å². The summed E-state index contributed by atoms with van der Waals surface area (Å²) in [4.78, 5) is 36.3. The molecule has 0 radical (unpaired) electrons. The fraction of sp³-hybridized carbons (Fsp3) is 0.250. The highest BCUT2D eigenvalue weighted by Crippen LogP contribution is 2.30. The molecule has 2 rings (SSSR count). The van der Waals surface area contributed by atoms with Crippen LogP contribution in [-0.2, 0) is 4.79 Å². The molecule has 5 nitrogen and oxygen atoms in total. The van der Waals surface area contributed by atoms with Crippen LogP contribution >= 0.6 is 11.6 Å². The minimum atomic E-state index is -1.74. The summed E-state index contributed by atoms with van der Waals surface area (Å²) in [7, 11) is 0. The van der Waals surface area contributed by atoms with Crippen molar-refractivity contribution in [3.63, 3.8) is 0 Å². The Kier molecular flexibility index (Phi) is 2.96. The molecule has 1 aromatic rings. The number of amides is 2. The van der Waals surface area contributed by atoms with Crippen LogP contribution in [0.2, 0.25) is 0 Å². The first kappa shape index (κ1) is 12.7. The van der Waals surface area contributed by atoms with Gasteiger partial charge < -0.3 is 5.11 Å². The summed E-state index contributed by atoms with van der Waals surface area (Å²) in [6, 6.07) is 6.22. The minimum Gasteiger partial charge on any atom is -0.393 e. The summed E-state index contributed by atoms with van der Waals surface area (Å²) in [6.07, 6.45) is 0. The third-order valence-electron chi connectivity index (χ3n) is 3.02. The number of aliphatic hydroxyl groups excluding tert-OH is 1. The molecular formula is C12H10ClNO4. The lowest BCUT2D eigenvalue weighted by Crippen LogP contribution is -2.56. The van der Waals surface area contributed by atoms with Gasteiger partial charge in [0.15, 0.2) is 0 Å². The molecule has 1 aliphatic heterocycles. The molecule has 0 bridgehead atoms. The van der Waals surface area contributed by atoms with Crippen LogP contribution in [-0.4, -0.2) is 39.2 Å². The molecule has 0 spiro atoms. The number of nitrogens with zero attached hydrogens (tertiary/aromatic N) is 1. The standard InChI is InChI=1S/C12H10ClNO4/c1-12(6-15,11(13)18)14-9(16)7-4-2-3-5-8(7)10(14)17/h2-5,15H,6H2,1H3. The third kappa shape index (κ3) is 1.55. The number of fused-ring (bicyclic) bond motifs is 1. The van der Waals surface area contributed by atoms with E-state index in [0.29, 0.717) is 4.90 Å². The Hall–Kier alpha value is -1.72. The van der Waals surface area contributed by atoms with Gasteiger partial charge in [0.05, 0.1) is 17.7 Å². The highest BCUT2D eigenvalue weighted by atomic mass is 35.5. The SMILES string of the molecule is CC(CO)(C(=O)Cl)N1C(=O)c2ccccc2C1=O. The van der Waals surface area contributed by atoms with E-state index >= 15 is 0 Å². The molecule has 0 aromatic heterocycles. The van der Waals surface area contributed by atoms with Crippen LogP contribution < -0.4 is 0 Å². The first-order chi connectivity index (χ1) is 8.43. The van der Waals surface area contributed by atoms with Gasteiger partial charge in [0.25, 0.3) is 11.8 Å². The molecular weight excluding hydrogens is 258 g/mol. The lowest BCUT2D eigenvalue weighted by molar-refractivity contribution is -0.121. The maximum absolute atomic E-state index is 12.1. The van der Waals surface area contributed by atoms with Crippen molar-refractivity contribution >= 4 is 28.7 Å². The van der Waals surface area contributed by atoms with Crippen molar-refractivity contribution < 1.29 is 19.5 Å². The van der Waals surface area contributed by atoms with Gasteiger partial charge in [-0.3, -0.25) is 19.3 Å². The Balaban J connectivity index is 2.55. The molecule has 1 atom stereocenters. The number of benzene rings is 1. The van der Waals surface area contributed by atoms with Gasteiger partial charge in [-0.1, -0.05) is 12.1 Å². The Labute approximate surface area is 108 Å². The molecule has 1 heterocycles. The fourth-order valence-corrected chi connectivity index (χ4v) is 2.00. The summed E-state index contributed by atoms with van der Waals surface area (Å²) < 4.78 is 0. The Morgan fingerprint density at radius 2 is 1.72 bits per heavy atom. The molecule has 1 aliphatic rings. The van der Waals surface area contributed by atoms with Crippen molar-refractivity contribution in [3.05, 3.63) is 35.4 Å². The number of rotatable bonds is 3. The van der Waals surface area contributed by atoms with Gasteiger partial charge in [-0.2, -0.15) is 0 Å². The van der Waals surface area contributed by atoms with E-state index in [9.17, 15) is 19.5 Å². The Morgan fingerprint density at radius 3 is 2.06 bits per heavy atom. The molecule has 0 fully saturated rings. The summed E-state index contributed by atoms with van der Waals surface area (Å²) >= 11 is 5.39. The molecule has 18 heavy (non-hydrogen) atoms. The normalized spacial score (nSPS) is 17.6. The average molecular weight is 268 g/mol. The number of hydrogen-bond acceptors (Lipinski definition) is 4. The smallest absolute Gasteiger partial charge is 0.262 e. The number of carbonyl (C=O) groups excluding carboxylic acids is 3. The predicted octanol–water partition coefficient (Wildman–Crippen LogP) is 0.799. The summed E-state index contributed by atoms with van der Waals surface area (Å²) in [6.45, 7) is 0.533. The quantitative estimate of drug-likeness (QED) is 0.649. The predicted molar refractivity (Wildman–Crippen MR) is 63.3 cm³/mol. The second-order valence-corrected chi connectivity index (χ2v) is 4.54. The zero-order valence-electron chi connectivity index (χ0n) is 9.51. The highest BCUT2D eigenvalue weighted by molar-refractivity contribution is 6.66. The summed E-state index contributed by atoms with van der Waals surface area (Å²) in [5.74, 6) is -1.25. The zero-order valence-corrected chi connectivity index (χ0v) is 10.3. The molecule has 94 valence electrons. The van der Waals surface area contributed by atoms with Crippen molar-refractivity contribution in [2.45, 2.75) is 12.5 Å². The van der Waals surface area contributed by atoms with E-state index in [4.69, 9.17) is 11.6 Å². The van der Waals surface area contributed by atoms with Crippen molar-refractivity contribution in [2.24, 2.45) is 0 Å². The molecule has 2 amide bonds. The van der Waals surface area contributed by atoms with Gasteiger partial charge in [-0.05, 0) is 30.7 Å². The van der Waals surface area contributed by atoms with Gasteiger partial charge in [0.2, 0.25) is 5.24 Å². The lowest BCUT2D eigenvalue weighted by atomic mass is 10.0. The van der Waals surface area contributed by atoms with Crippen LogP contribution in [0.3, 0.4) is 0 Å². The number of carbonyl (C=O) groups is 3. The number of halogens is 1. The van der Waals surface area contributed by atoms with Crippen LogP contribution in [0.1, 0.15) is 27.6 Å². The highest BCUT2D eigenvalue weighted by Gasteiger charge is 2.49. The molecule has 0 saturated heterocycles. The molecule has 0 aliphatic carbocycles. The first-order valence-electron chi connectivity index (χ1n) is 5.22. The van der Waals surface area contributed by atoms with Crippen molar-refractivity contribution in [1.29, 1.82) is 0 Å². The van der Waals surface area contributed by atoms with E-state index in [0.717, 1.165) is 0 Å². The van der Waals surface area contributed by atoms with Crippen molar-refractivity contribution in [3.8, 4) is 0 Å². The maximum Gasteiger partial charge on any atom is 0.262 e. The second-order valence-electron chi connectivity index (χ2n) is 4.20. The van der Waals surface area contributed by atoms with Crippen LogP contribution in [0.5, 0.6) is 0 Å². The molecule has 1 unspecified atom stereocenters. The zero-order chi connectivity index (χ0) is 13.5. The molecule has 1 N–H and O–H groups in total. The lowest BCUT2D eigenvalue weighted by Gasteiger charge is -2.31. The molecule has 0 saturated carbocycles.